The number of rotatable bonds is 4. The molecule has 0 radical (unpaired) electrons. The summed E-state index contributed by atoms with van der Waals surface area (Å²) in [6.07, 6.45) is 3.67. The first-order valence-electron chi connectivity index (χ1n) is 6.95. The van der Waals surface area contributed by atoms with Crippen molar-refractivity contribution < 1.29 is 13.3 Å². The summed E-state index contributed by atoms with van der Waals surface area (Å²) in [6, 6.07) is 5.24. The lowest BCUT2D eigenvalue weighted by molar-refractivity contribution is -0.387. The zero-order valence-corrected chi connectivity index (χ0v) is 12.2. The topological polar surface area (TPSA) is 101 Å². The molecule has 1 aliphatic carbocycles. The van der Waals surface area contributed by atoms with E-state index in [0.29, 0.717) is 6.42 Å². The van der Waals surface area contributed by atoms with Crippen molar-refractivity contribution >= 4 is 15.7 Å². The Kier molecular flexibility index (Phi) is 3.46. The molecule has 1 aromatic rings. The Morgan fingerprint density at radius 3 is 2.67 bits per heavy atom. The summed E-state index contributed by atoms with van der Waals surface area (Å²) in [4.78, 5) is 10.1. The van der Waals surface area contributed by atoms with E-state index in [4.69, 9.17) is 0 Å². The van der Waals surface area contributed by atoms with Crippen molar-refractivity contribution in [3.63, 3.8) is 0 Å². The lowest BCUT2D eigenvalue weighted by Gasteiger charge is -2.43. The van der Waals surface area contributed by atoms with Crippen LogP contribution in [0, 0.1) is 10.1 Å². The fourth-order valence-electron chi connectivity index (χ4n) is 3.21. The van der Waals surface area contributed by atoms with Gasteiger partial charge in [-0.2, -0.15) is 0 Å². The minimum atomic E-state index is -3.90. The van der Waals surface area contributed by atoms with Crippen LogP contribution in [-0.2, 0) is 10.0 Å². The second-order valence-corrected chi connectivity index (χ2v) is 7.31. The summed E-state index contributed by atoms with van der Waals surface area (Å²) in [6.45, 7) is 0.768. The number of hydrogen-bond acceptors (Lipinski definition) is 5. The van der Waals surface area contributed by atoms with E-state index in [1.54, 1.807) is 0 Å². The summed E-state index contributed by atoms with van der Waals surface area (Å²) in [5.41, 5.74) is -0.546. The highest BCUT2D eigenvalue weighted by atomic mass is 32.2. The molecule has 1 spiro atoms. The number of sulfonamides is 1. The van der Waals surface area contributed by atoms with Gasteiger partial charge in [0.25, 0.3) is 5.69 Å². The molecule has 1 saturated heterocycles. The Hall–Kier alpha value is -1.51. The van der Waals surface area contributed by atoms with Gasteiger partial charge < -0.3 is 5.32 Å². The smallest absolute Gasteiger partial charge is 0.289 e. The van der Waals surface area contributed by atoms with E-state index >= 15 is 0 Å². The lowest BCUT2D eigenvalue weighted by Crippen LogP contribution is -2.59. The minimum absolute atomic E-state index is 0.156. The molecule has 2 aliphatic rings. The predicted molar refractivity (Wildman–Crippen MR) is 76.4 cm³/mol. The number of hydrogen-bond donors (Lipinski definition) is 2. The number of nitrogens with one attached hydrogen (secondary N) is 2. The molecule has 8 heteroatoms. The molecular weight excluding hydrogens is 294 g/mol. The molecule has 0 aromatic heterocycles. The first-order chi connectivity index (χ1) is 9.95. The van der Waals surface area contributed by atoms with E-state index in [0.717, 1.165) is 25.8 Å². The van der Waals surface area contributed by atoms with Crippen molar-refractivity contribution in [3.8, 4) is 0 Å². The SMILES string of the molecule is O=[N+]([O-])c1ccccc1S(=O)(=O)NC1CCNC12CCC2. The van der Waals surface area contributed by atoms with Crippen LogP contribution in [0.25, 0.3) is 0 Å². The van der Waals surface area contributed by atoms with E-state index in [2.05, 4.69) is 10.0 Å². The van der Waals surface area contributed by atoms with Crippen LogP contribution in [-0.4, -0.2) is 31.5 Å². The van der Waals surface area contributed by atoms with Gasteiger partial charge in [-0.15, -0.1) is 0 Å². The van der Waals surface area contributed by atoms with Crippen molar-refractivity contribution in [1.82, 2.24) is 10.0 Å². The number of nitro groups is 1. The van der Waals surface area contributed by atoms with Crippen molar-refractivity contribution in [2.24, 2.45) is 0 Å². The Bertz CT molecular complexity index is 670. The second-order valence-electron chi connectivity index (χ2n) is 5.62. The molecule has 21 heavy (non-hydrogen) atoms. The Morgan fingerprint density at radius 2 is 2.05 bits per heavy atom. The molecule has 2 fully saturated rings. The number of nitro benzene ring substituents is 1. The van der Waals surface area contributed by atoms with Crippen molar-refractivity contribution in [2.75, 3.05) is 6.54 Å². The van der Waals surface area contributed by atoms with Crippen molar-refractivity contribution in [3.05, 3.63) is 34.4 Å². The maximum absolute atomic E-state index is 12.5. The van der Waals surface area contributed by atoms with Crippen LogP contribution in [0.4, 0.5) is 5.69 Å². The van der Waals surface area contributed by atoms with Crippen LogP contribution in [0.5, 0.6) is 0 Å². The van der Waals surface area contributed by atoms with Crippen LogP contribution in [0.3, 0.4) is 0 Å². The monoisotopic (exact) mass is 311 g/mol. The van der Waals surface area contributed by atoms with Gasteiger partial charge in [0.2, 0.25) is 10.0 Å². The Labute approximate surface area is 122 Å². The molecule has 1 unspecified atom stereocenters. The highest BCUT2D eigenvalue weighted by Crippen LogP contribution is 2.39. The van der Waals surface area contributed by atoms with Crippen molar-refractivity contribution in [2.45, 2.75) is 42.2 Å². The average molecular weight is 311 g/mol. The van der Waals surface area contributed by atoms with E-state index in [9.17, 15) is 18.5 Å². The minimum Gasteiger partial charge on any atom is -0.310 e. The summed E-state index contributed by atoms with van der Waals surface area (Å²) in [5, 5.41) is 14.4. The zero-order chi connectivity index (χ0) is 15.1. The summed E-state index contributed by atoms with van der Waals surface area (Å²) >= 11 is 0. The Morgan fingerprint density at radius 1 is 1.33 bits per heavy atom. The highest BCUT2D eigenvalue weighted by Gasteiger charge is 2.48. The molecule has 1 saturated carbocycles. The van der Waals surface area contributed by atoms with Crippen LogP contribution in [0.15, 0.2) is 29.2 Å². The van der Waals surface area contributed by atoms with Gasteiger partial charge in [0.1, 0.15) is 0 Å². The third-order valence-corrected chi connectivity index (χ3v) is 5.99. The molecule has 2 N–H and O–H groups in total. The van der Waals surface area contributed by atoms with Crippen LogP contribution in [0.2, 0.25) is 0 Å². The molecule has 0 amide bonds. The second kappa shape index (κ2) is 5.04. The summed E-state index contributed by atoms with van der Waals surface area (Å²) in [7, 11) is -3.90. The van der Waals surface area contributed by atoms with Gasteiger partial charge in [-0.3, -0.25) is 10.1 Å². The van der Waals surface area contributed by atoms with Gasteiger partial charge in [-0.1, -0.05) is 12.1 Å². The molecule has 1 aromatic carbocycles. The first-order valence-corrected chi connectivity index (χ1v) is 8.44. The summed E-state index contributed by atoms with van der Waals surface area (Å²) in [5.74, 6) is 0. The standard InChI is InChI=1S/C13H17N3O4S/c17-16(18)10-4-1-2-5-11(10)21(19,20)15-12-6-9-14-13(12)7-3-8-13/h1-2,4-5,12,14-15H,3,6-9H2. The molecular formula is C13H17N3O4S. The van der Waals surface area contributed by atoms with Gasteiger partial charge >= 0.3 is 0 Å². The van der Waals surface area contributed by atoms with Crippen molar-refractivity contribution in [1.29, 1.82) is 0 Å². The predicted octanol–water partition coefficient (Wildman–Crippen LogP) is 1.16. The molecule has 1 aliphatic heterocycles. The highest BCUT2D eigenvalue weighted by molar-refractivity contribution is 7.89. The van der Waals surface area contributed by atoms with Gasteiger partial charge in [0.05, 0.1) is 4.92 Å². The number of benzene rings is 1. The molecule has 1 atom stereocenters. The molecule has 0 bridgehead atoms. The van der Waals surface area contributed by atoms with Crippen LogP contribution < -0.4 is 10.0 Å². The van der Waals surface area contributed by atoms with E-state index in [1.807, 2.05) is 0 Å². The number of nitrogens with zero attached hydrogens (tertiary/aromatic N) is 1. The third-order valence-electron chi connectivity index (χ3n) is 4.47. The maximum Gasteiger partial charge on any atom is 0.289 e. The fraction of sp³-hybridized carbons (Fsp3) is 0.538. The van der Waals surface area contributed by atoms with Gasteiger partial charge in [0.15, 0.2) is 4.90 Å². The number of para-hydroxylation sites is 1. The summed E-state index contributed by atoms with van der Waals surface area (Å²) < 4.78 is 27.7. The lowest BCUT2D eigenvalue weighted by atomic mass is 9.73. The van der Waals surface area contributed by atoms with Gasteiger partial charge in [0, 0.05) is 17.6 Å². The zero-order valence-electron chi connectivity index (χ0n) is 11.4. The largest absolute Gasteiger partial charge is 0.310 e. The quantitative estimate of drug-likeness (QED) is 0.642. The maximum atomic E-state index is 12.5. The van der Waals surface area contributed by atoms with Crippen LogP contribution >= 0.6 is 0 Å². The van der Waals surface area contributed by atoms with Crippen LogP contribution in [0.1, 0.15) is 25.7 Å². The fourth-order valence-corrected chi connectivity index (χ4v) is 4.73. The molecule has 3 rings (SSSR count). The first kappa shape index (κ1) is 14.4. The molecule has 114 valence electrons. The third kappa shape index (κ3) is 2.43. The normalized spacial score (nSPS) is 23.9. The van der Waals surface area contributed by atoms with E-state index in [1.165, 1.54) is 24.3 Å². The van der Waals surface area contributed by atoms with E-state index < -0.39 is 20.6 Å². The molecule has 7 nitrogen and oxygen atoms in total. The van der Waals surface area contributed by atoms with E-state index in [-0.39, 0.29) is 16.5 Å². The Balaban J connectivity index is 1.89. The molecule has 1 heterocycles. The van der Waals surface area contributed by atoms with Gasteiger partial charge in [-0.05, 0) is 38.3 Å². The average Bonchev–Trinajstić information content (AvgIpc) is 2.81. The van der Waals surface area contributed by atoms with Gasteiger partial charge in [-0.25, -0.2) is 13.1 Å².